The Morgan fingerprint density at radius 1 is 1.20 bits per heavy atom. The van der Waals surface area contributed by atoms with E-state index in [0.717, 1.165) is 3.57 Å². The van der Waals surface area contributed by atoms with E-state index in [1.165, 1.54) is 12.1 Å². The first-order valence-electron chi connectivity index (χ1n) is 5.63. The van der Waals surface area contributed by atoms with E-state index < -0.39 is 10.0 Å². The van der Waals surface area contributed by atoms with Crippen LogP contribution in [0.25, 0.3) is 0 Å². The molecule has 106 valence electrons. The van der Waals surface area contributed by atoms with Crippen molar-refractivity contribution in [2.24, 2.45) is 0 Å². The van der Waals surface area contributed by atoms with Crippen molar-refractivity contribution >= 4 is 55.6 Å². The summed E-state index contributed by atoms with van der Waals surface area (Å²) in [5.74, 6) is 0. The molecule has 2 aromatic rings. The second-order valence-corrected chi connectivity index (χ2v) is 7.56. The molecule has 2 rings (SSSR count). The number of hydrogen-bond acceptors (Lipinski definition) is 3. The van der Waals surface area contributed by atoms with Crippen LogP contribution in [-0.4, -0.2) is 8.42 Å². The van der Waals surface area contributed by atoms with E-state index in [9.17, 15) is 8.42 Å². The average Bonchev–Trinajstić information content (AvgIpc) is 2.38. The predicted octanol–water partition coefficient (Wildman–Crippen LogP) is 3.64. The monoisotopic (exact) mass is 422 g/mol. The van der Waals surface area contributed by atoms with Crippen molar-refractivity contribution in [1.29, 1.82) is 0 Å². The normalized spacial score (nSPS) is 11.3. The van der Waals surface area contributed by atoms with Crippen molar-refractivity contribution in [3.05, 3.63) is 50.6 Å². The Labute approximate surface area is 136 Å². The molecule has 7 heteroatoms. The molecule has 0 aliphatic rings. The van der Waals surface area contributed by atoms with Crippen LogP contribution in [0.3, 0.4) is 0 Å². The standard InChI is InChI=1S/C13H12ClIN2O2S/c1-8-6-11(7-12(16)13(8)14)20(18,19)17-10-4-2-9(15)3-5-10/h2-7,17H,16H2,1H3. The Kier molecular flexibility index (Phi) is 4.46. The lowest BCUT2D eigenvalue weighted by Gasteiger charge is -2.11. The van der Waals surface area contributed by atoms with Gasteiger partial charge in [0.1, 0.15) is 0 Å². The Hall–Kier alpha value is -0.990. The van der Waals surface area contributed by atoms with Gasteiger partial charge in [0.15, 0.2) is 0 Å². The Balaban J connectivity index is 2.38. The van der Waals surface area contributed by atoms with E-state index in [4.69, 9.17) is 17.3 Å². The molecule has 0 aliphatic carbocycles. The molecule has 0 saturated carbocycles. The molecule has 4 nitrogen and oxygen atoms in total. The molecule has 2 aromatic carbocycles. The smallest absolute Gasteiger partial charge is 0.261 e. The van der Waals surface area contributed by atoms with E-state index in [-0.39, 0.29) is 10.6 Å². The van der Waals surface area contributed by atoms with Crippen LogP contribution < -0.4 is 10.5 Å². The third-order valence-electron chi connectivity index (χ3n) is 2.66. The van der Waals surface area contributed by atoms with Gasteiger partial charge in [0.2, 0.25) is 0 Å². The number of nitrogen functional groups attached to an aromatic ring is 1. The van der Waals surface area contributed by atoms with Crippen molar-refractivity contribution in [2.75, 3.05) is 10.5 Å². The fourth-order valence-electron chi connectivity index (χ4n) is 1.65. The number of rotatable bonds is 3. The quantitative estimate of drug-likeness (QED) is 0.586. The molecule has 0 unspecified atom stereocenters. The maximum atomic E-state index is 12.3. The largest absolute Gasteiger partial charge is 0.397 e. The zero-order chi connectivity index (χ0) is 14.9. The molecule has 0 heterocycles. The summed E-state index contributed by atoms with van der Waals surface area (Å²) in [6.07, 6.45) is 0. The molecule has 0 amide bonds. The van der Waals surface area contributed by atoms with Crippen LogP contribution in [0.15, 0.2) is 41.3 Å². The maximum Gasteiger partial charge on any atom is 0.261 e. The van der Waals surface area contributed by atoms with Crippen LogP contribution in [0.4, 0.5) is 11.4 Å². The first kappa shape index (κ1) is 15.4. The number of halogens is 2. The van der Waals surface area contributed by atoms with E-state index in [0.29, 0.717) is 16.3 Å². The maximum absolute atomic E-state index is 12.3. The van der Waals surface area contributed by atoms with Crippen LogP contribution in [0.2, 0.25) is 5.02 Å². The van der Waals surface area contributed by atoms with Gasteiger partial charge in [-0.1, -0.05) is 11.6 Å². The Morgan fingerprint density at radius 3 is 2.35 bits per heavy atom. The third-order valence-corrected chi connectivity index (χ3v) is 5.26. The second kappa shape index (κ2) is 5.79. The van der Waals surface area contributed by atoms with E-state index >= 15 is 0 Å². The molecule has 0 radical (unpaired) electrons. The van der Waals surface area contributed by atoms with Gasteiger partial charge in [-0.2, -0.15) is 0 Å². The topological polar surface area (TPSA) is 72.2 Å². The number of nitrogens with two attached hydrogens (primary N) is 1. The molecule has 0 aliphatic heterocycles. The number of benzene rings is 2. The van der Waals surface area contributed by atoms with Crippen molar-refractivity contribution in [3.63, 3.8) is 0 Å². The number of nitrogens with one attached hydrogen (secondary N) is 1. The molecular formula is C13H12ClIN2O2S. The molecular weight excluding hydrogens is 411 g/mol. The summed E-state index contributed by atoms with van der Waals surface area (Å²) in [5, 5.41) is 0.373. The zero-order valence-corrected chi connectivity index (χ0v) is 14.3. The lowest BCUT2D eigenvalue weighted by atomic mass is 10.2. The number of sulfonamides is 1. The van der Waals surface area contributed by atoms with Crippen LogP contribution in [0, 0.1) is 10.5 Å². The van der Waals surface area contributed by atoms with Gasteiger partial charge in [0.25, 0.3) is 10.0 Å². The summed E-state index contributed by atoms with van der Waals surface area (Å²) in [6.45, 7) is 1.71. The molecule has 0 atom stereocenters. The third kappa shape index (κ3) is 3.36. The minimum Gasteiger partial charge on any atom is -0.397 e. The summed E-state index contributed by atoms with van der Waals surface area (Å²) < 4.78 is 28.1. The SMILES string of the molecule is Cc1cc(S(=O)(=O)Nc2ccc(I)cc2)cc(N)c1Cl. The van der Waals surface area contributed by atoms with E-state index in [1.54, 1.807) is 19.1 Å². The summed E-state index contributed by atoms with van der Waals surface area (Å²) in [7, 11) is -3.68. The molecule has 0 saturated heterocycles. The van der Waals surface area contributed by atoms with Crippen LogP contribution in [-0.2, 0) is 10.0 Å². The highest BCUT2D eigenvalue weighted by Crippen LogP contribution is 2.27. The van der Waals surface area contributed by atoms with E-state index in [2.05, 4.69) is 27.3 Å². The van der Waals surface area contributed by atoms with Crippen LogP contribution in [0.5, 0.6) is 0 Å². The molecule has 0 fully saturated rings. The van der Waals surface area contributed by atoms with Crippen molar-refractivity contribution < 1.29 is 8.42 Å². The van der Waals surface area contributed by atoms with Gasteiger partial charge >= 0.3 is 0 Å². The highest BCUT2D eigenvalue weighted by atomic mass is 127. The molecule has 20 heavy (non-hydrogen) atoms. The molecule has 0 aromatic heterocycles. The fourth-order valence-corrected chi connectivity index (χ4v) is 3.30. The highest BCUT2D eigenvalue weighted by Gasteiger charge is 2.17. The van der Waals surface area contributed by atoms with Crippen molar-refractivity contribution in [2.45, 2.75) is 11.8 Å². The first-order chi connectivity index (χ1) is 9.29. The number of aryl methyl sites for hydroxylation is 1. The average molecular weight is 423 g/mol. The second-order valence-electron chi connectivity index (χ2n) is 4.26. The lowest BCUT2D eigenvalue weighted by molar-refractivity contribution is 0.601. The van der Waals surface area contributed by atoms with Gasteiger partial charge in [-0.15, -0.1) is 0 Å². The zero-order valence-electron chi connectivity index (χ0n) is 10.5. The molecule has 0 bridgehead atoms. The minimum absolute atomic E-state index is 0.0930. The number of hydrogen-bond donors (Lipinski definition) is 2. The van der Waals surface area contributed by atoms with Gasteiger partial charge < -0.3 is 5.73 Å². The van der Waals surface area contributed by atoms with Gasteiger partial charge in [-0.3, -0.25) is 4.72 Å². The summed E-state index contributed by atoms with van der Waals surface area (Å²) in [6, 6.07) is 9.88. The summed E-state index contributed by atoms with van der Waals surface area (Å²) in [5.41, 5.74) is 7.07. The Bertz CT molecular complexity index is 722. The van der Waals surface area contributed by atoms with Crippen molar-refractivity contribution in [3.8, 4) is 0 Å². The summed E-state index contributed by atoms with van der Waals surface area (Å²) >= 11 is 8.09. The van der Waals surface area contributed by atoms with E-state index in [1.807, 2.05) is 12.1 Å². The van der Waals surface area contributed by atoms with Gasteiger partial charge in [-0.25, -0.2) is 8.42 Å². The lowest BCUT2D eigenvalue weighted by Crippen LogP contribution is -2.13. The summed E-state index contributed by atoms with van der Waals surface area (Å²) in [4.78, 5) is 0.0930. The Morgan fingerprint density at radius 2 is 1.80 bits per heavy atom. The van der Waals surface area contributed by atoms with Gasteiger partial charge in [0, 0.05) is 9.26 Å². The van der Waals surface area contributed by atoms with Crippen molar-refractivity contribution in [1.82, 2.24) is 0 Å². The highest BCUT2D eigenvalue weighted by molar-refractivity contribution is 14.1. The van der Waals surface area contributed by atoms with Gasteiger partial charge in [0.05, 0.1) is 15.6 Å². The molecule has 3 N–H and O–H groups in total. The predicted molar refractivity (Wildman–Crippen MR) is 90.6 cm³/mol. The first-order valence-corrected chi connectivity index (χ1v) is 8.57. The van der Waals surface area contributed by atoms with Crippen LogP contribution in [0.1, 0.15) is 5.56 Å². The minimum atomic E-state index is -3.68. The van der Waals surface area contributed by atoms with Gasteiger partial charge in [-0.05, 0) is 71.5 Å². The fraction of sp³-hybridized carbons (Fsp3) is 0.0769. The molecule has 0 spiro atoms. The number of anilines is 2. The van der Waals surface area contributed by atoms with Crippen LogP contribution >= 0.6 is 34.2 Å².